The number of benzene rings is 1. The molecule has 1 aromatic rings. The molecule has 2 nitrogen and oxygen atoms in total. The van der Waals surface area contributed by atoms with Crippen molar-refractivity contribution in [2.24, 2.45) is 0 Å². The molecule has 0 amide bonds. The summed E-state index contributed by atoms with van der Waals surface area (Å²) in [5.41, 5.74) is 1.26. The van der Waals surface area contributed by atoms with E-state index < -0.39 is 15.3 Å². The van der Waals surface area contributed by atoms with Gasteiger partial charge < -0.3 is 0 Å². The molecule has 1 rings (SSSR count). The van der Waals surface area contributed by atoms with E-state index in [2.05, 4.69) is 38.7 Å². The van der Waals surface area contributed by atoms with Crippen LogP contribution in [0, 0.1) is 0 Å². The molecule has 90 valence electrons. The van der Waals surface area contributed by atoms with Gasteiger partial charge in [-0.3, -0.25) is 0 Å². The third-order valence-corrected chi connectivity index (χ3v) is 4.00. The van der Waals surface area contributed by atoms with Crippen LogP contribution in [-0.4, -0.2) is 36.5 Å². The van der Waals surface area contributed by atoms with Crippen LogP contribution >= 0.6 is 0 Å². The topological polar surface area (TPSA) is 23.5 Å². The standard InChI is InChI=1S/C13H21NOSe/c1-10(2)14(11(3)4)9-12-7-5-6-8-13(12)16-15/h5-8,10-11,15H,9H2,1-4H3. The van der Waals surface area contributed by atoms with E-state index >= 15 is 0 Å². The fraction of sp³-hybridized carbons (Fsp3) is 0.538. The van der Waals surface area contributed by atoms with Gasteiger partial charge in [0.15, 0.2) is 0 Å². The minimum atomic E-state index is -0.407. The molecule has 3 heteroatoms. The predicted molar refractivity (Wildman–Crippen MR) is 69.9 cm³/mol. The number of rotatable bonds is 5. The summed E-state index contributed by atoms with van der Waals surface area (Å²) in [6.07, 6.45) is 0. The third-order valence-electron chi connectivity index (χ3n) is 2.75. The van der Waals surface area contributed by atoms with Crippen LogP contribution in [0.1, 0.15) is 33.3 Å². The quantitative estimate of drug-likeness (QED) is 0.830. The molecule has 0 unspecified atom stereocenters. The van der Waals surface area contributed by atoms with Crippen molar-refractivity contribution in [1.29, 1.82) is 0 Å². The summed E-state index contributed by atoms with van der Waals surface area (Å²) in [5.74, 6) is 0. The first-order chi connectivity index (χ1) is 7.56. The van der Waals surface area contributed by atoms with Crippen LogP contribution in [0.15, 0.2) is 24.3 Å². The first-order valence-corrected chi connectivity index (χ1v) is 7.33. The molecule has 1 aromatic carbocycles. The van der Waals surface area contributed by atoms with Crippen molar-refractivity contribution in [1.82, 2.24) is 4.90 Å². The summed E-state index contributed by atoms with van der Waals surface area (Å²) >= 11 is -0.407. The van der Waals surface area contributed by atoms with Crippen LogP contribution in [0.25, 0.3) is 0 Å². The third kappa shape index (κ3) is 3.60. The molecule has 1 N–H and O–H groups in total. The Kier molecular flexibility index (Phi) is 5.50. The molecule has 0 saturated heterocycles. The molecule has 0 aliphatic heterocycles. The van der Waals surface area contributed by atoms with Gasteiger partial charge in [-0.25, -0.2) is 0 Å². The SMILES string of the molecule is CC(C)N(Cc1ccccc1[Se]O)C(C)C. The molecule has 0 aliphatic rings. The minimum absolute atomic E-state index is 0.407. The molecule has 0 bridgehead atoms. The van der Waals surface area contributed by atoms with E-state index in [0.29, 0.717) is 12.1 Å². The summed E-state index contributed by atoms with van der Waals surface area (Å²) in [7, 11) is 0. The Morgan fingerprint density at radius 1 is 1.12 bits per heavy atom. The van der Waals surface area contributed by atoms with Crippen LogP contribution < -0.4 is 4.46 Å². The van der Waals surface area contributed by atoms with Gasteiger partial charge in [0, 0.05) is 0 Å². The molecule has 0 aromatic heterocycles. The normalized spacial score (nSPS) is 11.8. The first-order valence-electron chi connectivity index (χ1n) is 5.71. The van der Waals surface area contributed by atoms with Gasteiger partial charge in [0.1, 0.15) is 0 Å². The molecule has 0 spiro atoms. The van der Waals surface area contributed by atoms with Crippen molar-refractivity contribution < 1.29 is 4.19 Å². The summed E-state index contributed by atoms with van der Waals surface area (Å²) in [6.45, 7) is 9.78. The molecule has 0 atom stereocenters. The van der Waals surface area contributed by atoms with E-state index in [-0.39, 0.29) is 0 Å². The second-order valence-corrected chi connectivity index (χ2v) is 5.86. The average molecular weight is 286 g/mol. The molecular formula is C13H21NOSe. The van der Waals surface area contributed by atoms with E-state index in [9.17, 15) is 4.19 Å². The molecular weight excluding hydrogens is 265 g/mol. The first kappa shape index (κ1) is 13.7. The Morgan fingerprint density at radius 2 is 1.69 bits per heavy atom. The Balaban J connectivity index is 2.85. The molecule has 0 aliphatic carbocycles. The van der Waals surface area contributed by atoms with Crippen molar-refractivity contribution in [3.63, 3.8) is 0 Å². The van der Waals surface area contributed by atoms with Crippen molar-refractivity contribution in [2.45, 2.75) is 46.3 Å². The van der Waals surface area contributed by atoms with Crippen LogP contribution in [0.3, 0.4) is 0 Å². The van der Waals surface area contributed by atoms with Crippen molar-refractivity contribution in [2.75, 3.05) is 0 Å². The number of nitrogens with zero attached hydrogens (tertiary/aromatic N) is 1. The van der Waals surface area contributed by atoms with Crippen molar-refractivity contribution in [3.05, 3.63) is 29.8 Å². The molecule has 0 fully saturated rings. The van der Waals surface area contributed by atoms with Gasteiger partial charge in [-0.05, 0) is 0 Å². The fourth-order valence-corrected chi connectivity index (χ4v) is 2.70. The second kappa shape index (κ2) is 6.41. The monoisotopic (exact) mass is 287 g/mol. The van der Waals surface area contributed by atoms with Gasteiger partial charge in [0.25, 0.3) is 0 Å². The van der Waals surface area contributed by atoms with Gasteiger partial charge in [-0.2, -0.15) is 0 Å². The van der Waals surface area contributed by atoms with E-state index in [4.69, 9.17) is 0 Å². The summed E-state index contributed by atoms with van der Waals surface area (Å²) in [4.78, 5) is 2.44. The van der Waals surface area contributed by atoms with Crippen LogP contribution in [0.4, 0.5) is 0 Å². The van der Waals surface area contributed by atoms with Gasteiger partial charge >= 0.3 is 105 Å². The van der Waals surface area contributed by atoms with E-state index in [1.807, 2.05) is 18.2 Å². The maximum absolute atomic E-state index is 9.35. The van der Waals surface area contributed by atoms with E-state index in [1.54, 1.807) is 0 Å². The van der Waals surface area contributed by atoms with Crippen LogP contribution in [0.2, 0.25) is 0 Å². The summed E-state index contributed by atoms with van der Waals surface area (Å²) in [5, 5.41) is 0. The van der Waals surface area contributed by atoms with Gasteiger partial charge in [-0.1, -0.05) is 0 Å². The van der Waals surface area contributed by atoms with Gasteiger partial charge in [-0.15, -0.1) is 0 Å². The Labute approximate surface area is 105 Å². The molecule has 0 heterocycles. The van der Waals surface area contributed by atoms with Crippen LogP contribution in [0.5, 0.6) is 0 Å². The van der Waals surface area contributed by atoms with E-state index in [1.165, 1.54) is 5.56 Å². The molecule has 0 radical (unpaired) electrons. The van der Waals surface area contributed by atoms with Gasteiger partial charge in [0.2, 0.25) is 0 Å². The zero-order chi connectivity index (χ0) is 12.1. The Morgan fingerprint density at radius 3 is 2.19 bits per heavy atom. The zero-order valence-corrected chi connectivity index (χ0v) is 12.2. The second-order valence-electron chi connectivity index (χ2n) is 4.56. The summed E-state index contributed by atoms with van der Waals surface area (Å²) in [6, 6.07) is 9.23. The Bertz CT molecular complexity index is 317. The Hall–Kier alpha value is -0.341. The molecule has 0 saturated carbocycles. The number of hydrogen-bond acceptors (Lipinski definition) is 2. The van der Waals surface area contributed by atoms with Crippen molar-refractivity contribution >= 4 is 19.7 Å². The van der Waals surface area contributed by atoms with E-state index in [0.717, 1.165) is 11.0 Å². The van der Waals surface area contributed by atoms with Crippen LogP contribution in [-0.2, 0) is 6.54 Å². The average Bonchev–Trinajstić information content (AvgIpc) is 2.25. The summed E-state index contributed by atoms with van der Waals surface area (Å²) < 4.78 is 10.5. The predicted octanol–water partition coefficient (Wildman–Crippen LogP) is 1.54. The zero-order valence-electron chi connectivity index (χ0n) is 10.5. The maximum atomic E-state index is 9.35. The number of hydrogen-bond donors (Lipinski definition) is 1. The van der Waals surface area contributed by atoms with Gasteiger partial charge in [0.05, 0.1) is 0 Å². The van der Waals surface area contributed by atoms with Crippen molar-refractivity contribution in [3.8, 4) is 0 Å². The fourth-order valence-electron chi connectivity index (χ4n) is 1.88. The molecule has 16 heavy (non-hydrogen) atoms.